The molecule has 1 aromatic heterocycles. The molecule has 1 heterocycles. The lowest BCUT2D eigenvalue weighted by atomic mass is 10.1. The lowest BCUT2D eigenvalue weighted by molar-refractivity contribution is 0.0955. The number of rotatable bonds is 5. The van der Waals surface area contributed by atoms with Crippen molar-refractivity contribution >= 4 is 11.5 Å². The van der Waals surface area contributed by atoms with E-state index in [0.717, 1.165) is 17.1 Å². The van der Waals surface area contributed by atoms with E-state index in [4.69, 9.17) is 5.11 Å². The molecule has 0 aliphatic rings. The first-order valence-electron chi connectivity index (χ1n) is 5.56. The number of hydrogen-bond acceptors (Lipinski definition) is 3. The fourth-order valence-corrected chi connectivity index (χ4v) is 1.62. The van der Waals surface area contributed by atoms with E-state index in [2.05, 4.69) is 10.3 Å². The Balaban J connectivity index is 1.98. The number of aliphatic hydroxyl groups is 2. The van der Waals surface area contributed by atoms with Gasteiger partial charge in [-0.15, -0.1) is 0 Å². The van der Waals surface area contributed by atoms with Crippen LogP contribution in [0.5, 0.6) is 0 Å². The zero-order chi connectivity index (χ0) is 12.1. The standard InChI is InChI=1S/C13H16N2O2/c16-9-12(17)8-10-3-5-11(6-4-10)15-13-2-1-7-14-13/h1-7,12,14-17H,8-9H2. The van der Waals surface area contributed by atoms with Crippen LogP contribution in [0.4, 0.5) is 11.5 Å². The van der Waals surface area contributed by atoms with Gasteiger partial charge in [-0.05, 0) is 29.8 Å². The molecule has 0 radical (unpaired) electrons. The normalized spacial score (nSPS) is 12.4. The number of hydrogen-bond donors (Lipinski definition) is 4. The van der Waals surface area contributed by atoms with E-state index in [1.165, 1.54) is 0 Å². The summed E-state index contributed by atoms with van der Waals surface area (Å²) in [7, 11) is 0. The summed E-state index contributed by atoms with van der Waals surface area (Å²) in [6.45, 7) is -0.206. The van der Waals surface area contributed by atoms with Crippen LogP contribution in [0.15, 0.2) is 42.6 Å². The van der Waals surface area contributed by atoms with Gasteiger partial charge in [0.2, 0.25) is 0 Å². The second-order valence-electron chi connectivity index (χ2n) is 3.95. The first kappa shape index (κ1) is 11.7. The van der Waals surface area contributed by atoms with E-state index >= 15 is 0 Å². The van der Waals surface area contributed by atoms with Crippen LogP contribution in [0.3, 0.4) is 0 Å². The first-order valence-corrected chi connectivity index (χ1v) is 5.56. The number of benzene rings is 1. The predicted molar refractivity (Wildman–Crippen MR) is 67.3 cm³/mol. The van der Waals surface area contributed by atoms with Crippen LogP contribution < -0.4 is 5.32 Å². The Hall–Kier alpha value is -1.78. The maximum atomic E-state index is 9.32. The van der Waals surface area contributed by atoms with E-state index in [-0.39, 0.29) is 6.61 Å². The molecular weight excluding hydrogens is 216 g/mol. The smallest absolute Gasteiger partial charge is 0.107 e. The molecule has 17 heavy (non-hydrogen) atoms. The summed E-state index contributed by atoms with van der Waals surface area (Å²) in [5, 5.41) is 21.3. The van der Waals surface area contributed by atoms with E-state index in [1.807, 2.05) is 42.6 Å². The molecule has 0 bridgehead atoms. The largest absolute Gasteiger partial charge is 0.394 e. The molecule has 0 aliphatic carbocycles. The van der Waals surface area contributed by atoms with Gasteiger partial charge in [0.1, 0.15) is 5.82 Å². The lowest BCUT2D eigenvalue weighted by Crippen LogP contribution is -2.14. The Labute approximate surface area is 99.9 Å². The number of anilines is 2. The Morgan fingerprint density at radius 3 is 2.53 bits per heavy atom. The minimum atomic E-state index is -0.683. The Morgan fingerprint density at radius 1 is 1.18 bits per heavy atom. The number of aromatic nitrogens is 1. The highest BCUT2D eigenvalue weighted by Crippen LogP contribution is 2.15. The lowest BCUT2D eigenvalue weighted by Gasteiger charge is -2.08. The fourth-order valence-electron chi connectivity index (χ4n) is 1.62. The molecule has 0 amide bonds. The molecule has 4 nitrogen and oxygen atoms in total. The molecule has 1 unspecified atom stereocenters. The number of H-pyrrole nitrogens is 1. The van der Waals surface area contributed by atoms with Crippen LogP contribution in [-0.2, 0) is 6.42 Å². The SMILES string of the molecule is OCC(O)Cc1ccc(Nc2ccc[nH]2)cc1. The topological polar surface area (TPSA) is 68.3 Å². The minimum Gasteiger partial charge on any atom is -0.394 e. The average Bonchev–Trinajstić information content (AvgIpc) is 2.84. The summed E-state index contributed by atoms with van der Waals surface area (Å²) in [4.78, 5) is 3.06. The summed E-state index contributed by atoms with van der Waals surface area (Å²) < 4.78 is 0. The Kier molecular flexibility index (Phi) is 3.80. The molecule has 2 aromatic rings. The van der Waals surface area contributed by atoms with Crippen LogP contribution in [0.2, 0.25) is 0 Å². The van der Waals surface area contributed by atoms with Crippen molar-refractivity contribution in [1.29, 1.82) is 0 Å². The molecule has 0 spiro atoms. The van der Waals surface area contributed by atoms with Crippen molar-refractivity contribution in [2.45, 2.75) is 12.5 Å². The third-order valence-corrected chi connectivity index (χ3v) is 2.51. The monoisotopic (exact) mass is 232 g/mol. The minimum absolute atomic E-state index is 0.206. The van der Waals surface area contributed by atoms with Crippen molar-refractivity contribution in [2.24, 2.45) is 0 Å². The van der Waals surface area contributed by atoms with Crippen molar-refractivity contribution in [1.82, 2.24) is 4.98 Å². The van der Waals surface area contributed by atoms with Crippen molar-refractivity contribution in [3.05, 3.63) is 48.2 Å². The van der Waals surface area contributed by atoms with Gasteiger partial charge in [0.05, 0.1) is 12.7 Å². The van der Waals surface area contributed by atoms with Crippen LogP contribution in [0.1, 0.15) is 5.56 Å². The van der Waals surface area contributed by atoms with E-state index in [9.17, 15) is 5.11 Å². The van der Waals surface area contributed by atoms with Gasteiger partial charge in [-0.1, -0.05) is 12.1 Å². The molecule has 90 valence electrons. The molecule has 4 N–H and O–H groups in total. The number of aromatic amines is 1. The Morgan fingerprint density at radius 2 is 1.94 bits per heavy atom. The molecule has 1 aromatic carbocycles. The average molecular weight is 232 g/mol. The van der Waals surface area contributed by atoms with Crippen LogP contribution in [-0.4, -0.2) is 27.9 Å². The van der Waals surface area contributed by atoms with Gasteiger partial charge in [-0.2, -0.15) is 0 Å². The predicted octanol–water partition coefficient (Wildman–Crippen LogP) is 1.65. The maximum absolute atomic E-state index is 9.32. The van der Waals surface area contributed by atoms with Crippen LogP contribution in [0.25, 0.3) is 0 Å². The Bertz CT molecular complexity index is 437. The van der Waals surface area contributed by atoms with Gasteiger partial charge >= 0.3 is 0 Å². The molecule has 0 fully saturated rings. The molecule has 4 heteroatoms. The zero-order valence-corrected chi connectivity index (χ0v) is 9.43. The number of aliphatic hydroxyl groups excluding tert-OH is 2. The second-order valence-corrected chi connectivity index (χ2v) is 3.95. The quantitative estimate of drug-likeness (QED) is 0.633. The molecule has 1 atom stereocenters. The van der Waals surface area contributed by atoms with Gasteiger partial charge in [-0.3, -0.25) is 0 Å². The van der Waals surface area contributed by atoms with Crippen molar-refractivity contribution in [3.63, 3.8) is 0 Å². The highest BCUT2D eigenvalue weighted by Gasteiger charge is 2.03. The fraction of sp³-hybridized carbons (Fsp3) is 0.231. The third-order valence-electron chi connectivity index (χ3n) is 2.51. The summed E-state index contributed by atoms with van der Waals surface area (Å²) in [5.74, 6) is 0.938. The van der Waals surface area contributed by atoms with Crippen molar-refractivity contribution < 1.29 is 10.2 Å². The van der Waals surface area contributed by atoms with Gasteiger partial charge < -0.3 is 20.5 Å². The number of nitrogens with one attached hydrogen (secondary N) is 2. The van der Waals surface area contributed by atoms with Crippen molar-refractivity contribution in [2.75, 3.05) is 11.9 Å². The van der Waals surface area contributed by atoms with Crippen molar-refractivity contribution in [3.8, 4) is 0 Å². The third kappa shape index (κ3) is 3.34. The highest BCUT2D eigenvalue weighted by molar-refractivity contribution is 5.56. The molecule has 2 rings (SSSR count). The summed E-state index contributed by atoms with van der Waals surface area (Å²) >= 11 is 0. The van der Waals surface area contributed by atoms with E-state index in [1.54, 1.807) is 0 Å². The summed E-state index contributed by atoms with van der Waals surface area (Å²) in [6, 6.07) is 11.6. The second kappa shape index (κ2) is 5.52. The first-order chi connectivity index (χ1) is 8.28. The van der Waals surface area contributed by atoms with Gasteiger partial charge in [0.25, 0.3) is 0 Å². The zero-order valence-electron chi connectivity index (χ0n) is 9.43. The van der Waals surface area contributed by atoms with Crippen LogP contribution >= 0.6 is 0 Å². The van der Waals surface area contributed by atoms with Crippen LogP contribution in [0, 0.1) is 0 Å². The van der Waals surface area contributed by atoms with Gasteiger partial charge in [0.15, 0.2) is 0 Å². The van der Waals surface area contributed by atoms with Gasteiger partial charge in [0, 0.05) is 18.3 Å². The molecule has 0 aliphatic heterocycles. The summed E-state index contributed by atoms with van der Waals surface area (Å²) in [6.07, 6.45) is 1.64. The van der Waals surface area contributed by atoms with Gasteiger partial charge in [-0.25, -0.2) is 0 Å². The molecule has 0 saturated carbocycles. The maximum Gasteiger partial charge on any atom is 0.107 e. The molecular formula is C13H16N2O2. The molecule has 0 saturated heterocycles. The van der Waals surface area contributed by atoms with E-state index in [0.29, 0.717) is 6.42 Å². The summed E-state index contributed by atoms with van der Waals surface area (Å²) in [5.41, 5.74) is 1.98. The van der Waals surface area contributed by atoms with E-state index < -0.39 is 6.10 Å². The highest BCUT2D eigenvalue weighted by atomic mass is 16.3.